The van der Waals surface area contributed by atoms with Gasteiger partial charge in [0, 0.05) is 17.1 Å². The van der Waals surface area contributed by atoms with E-state index in [1.54, 1.807) is 12.3 Å². The summed E-state index contributed by atoms with van der Waals surface area (Å²) in [5.74, 6) is -0.366. The lowest BCUT2D eigenvalue weighted by atomic mass is 10.1. The SMILES string of the molecule is CCOC(=O)c1cnn(Cc2nc(-c3cc(OC)cc(C(F)(F)F)c3)cs2)c1. The number of halogens is 3. The van der Waals surface area contributed by atoms with Crippen LogP contribution in [-0.2, 0) is 17.5 Å². The van der Waals surface area contributed by atoms with Crippen LogP contribution in [0, 0.1) is 0 Å². The summed E-state index contributed by atoms with van der Waals surface area (Å²) in [6.07, 6.45) is -1.56. The number of aromatic nitrogens is 3. The number of rotatable bonds is 6. The standard InChI is InChI=1S/C18H16F3N3O3S/c1-3-27-17(25)12-7-22-24(8-12)9-16-23-15(10-28-16)11-4-13(18(19,20)21)6-14(5-11)26-2/h4-8,10H,3,9H2,1-2H3. The van der Waals surface area contributed by atoms with Gasteiger partial charge in [-0.2, -0.15) is 18.3 Å². The molecule has 0 aliphatic heterocycles. The minimum absolute atomic E-state index is 0.102. The Hall–Kier alpha value is -2.88. The molecule has 0 fully saturated rings. The molecular weight excluding hydrogens is 395 g/mol. The van der Waals surface area contributed by atoms with Gasteiger partial charge in [-0.05, 0) is 25.1 Å². The average molecular weight is 411 g/mol. The smallest absolute Gasteiger partial charge is 0.416 e. The van der Waals surface area contributed by atoms with Gasteiger partial charge in [0.2, 0.25) is 0 Å². The van der Waals surface area contributed by atoms with Crippen LogP contribution in [0.1, 0.15) is 27.9 Å². The number of nitrogens with zero attached hydrogens (tertiary/aromatic N) is 3. The van der Waals surface area contributed by atoms with E-state index in [-0.39, 0.29) is 18.9 Å². The van der Waals surface area contributed by atoms with Gasteiger partial charge < -0.3 is 9.47 Å². The molecule has 6 nitrogen and oxygen atoms in total. The third-order valence-electron chi connectivity index (χ3n) is 3.76. The lowest BCUT2D eigenvalue weighted by Gasteiger charge is -2.10. The molecule has 0 saturated carbocycles. The maximum Gasteiger partial charge on any atom is 0.416 e. The van der Waals surface area contributed by atoms with Gasteiger partial charge in [-0.3, -0.25) is 4.68 Å². The molecule has 3 rings (SSSR count). The third-order valence-corrected chi connectivity index (χ3v) is 4.59. The van der Waals surface area contributed by atoms with Crippen LogP contribution in [0.25, 0.3) is 11.3 Å². The summed E-state index contributed by atoms with van der Waals surface area (Å²) in [6, 6.07) is 3.48. The van der Waals surface area contributed by atoms with Crippen LogP contribution in [0.4, 0.5) is 13.2 Å². The number of carbonyl (C=O) groups is 1. The fraction of sp³-hybridized carbons (Fsp3) is 0.278. The molecule has 0 N–H and O–H groups in total. The van der Waals surface area contributed by atoms with Gasteiger partial charge in [-0.15, -0.1) is 11.3 Å². The Morgan fingerprint density at radius 2 is 2.07 bits per heavy atom. The van der Waals surface area contributed by atoms with Crippen molar-refractivity contribution >= 4 is 17.3 Å². The van der Waals surface area contributed by atoms with Crippen molar-refractivity contribution in [1.29, 1.82) is 0 Å². The Kier molecular flexibility index (Phi) is 5.68. The highest BCUT2D eigenvalue weighted by atomic mass is 32.1. The van der Waals surface area contributed by atoms with Crippen molar-refractivity contribution in [2.75, 3.05) is 13.7 Å². The molecule has 0 bridgehead atoms. The van der Waals surface area contributed by atoms with E-state index >= 15 is 0 Å². The first-order valence-electron chi connectivity index (χ1n) is 8.20. The number of alkyl halides is 3. The van der Waals surface area contributed by atoms with Crippen molar-refractivity contribution < 1.29 is 27.4 Å². The number of hydrogen-bond donors (Lipinski definition) is 0. The molecule has 148 valence electrons. The monoisotopic (exact) mass is 411 g/mol. The third kappa shape index (κ3) is 4.50. The van der Waals surface area contributed by atoms with E-state index in [9.17, 15) is 18.0 Å². The van der Waals surface area contributed by atoms with Crippen molar-refractivity contribution in [1.82, 2.24) is 14.8 Å². The molecule has 28 heavy (non-hydrogen) atoms. The van der Waals surface area contributed by atoms with E-state index in [1.807, 2.05) is 0 Å². The molecular formula is C18H16F3N3O3S. The maximum absolute atomic E-state index is 13.1. The number of ether oxygens (including phenoxy) is 2. The minimum atomic E-state index is -4.49. The van der Waals surface area contributed by atoms with Gasteiger partial charge in [0.1, 0.15) is 10.8 Å². The van der Waals surface area contributed by atoms with Gasteiger partial charge >= 0.3 is 12.1 Å². The quantitative estimate of drug-likeness (QED) is 0.567. The maximum atomic E-state index is 13.1. The largest absolute Gasteiger partial charge is 0.497 e. The minimum Gasteiger partial charge on any atom is -0.497 e. The van der Waals surface area contributed by atoms with Crippen LogP contribution in [0.2, 0.25) is 0 Å². The summed E-state index contributed by atoms with van der Waals surface area (Å²) in [4.78, 5) is 16.1. The zero-order chi connectivity index (χ0) is 20.3. The molecule has 10 heteroatoms. The van der Waals surface area contributed by atoms with Crippen LogP contribution >= 0.6 is 11.3 Å². The molecule has 0 aliphatic carbocycles. The fourth-order valence-electron chi connectivity index (χ4n) is 2.45. The number of thiazole rings is 1. The van der Waals surface area contributed by atoms with E-state index in [4.69, 9.17) is 9.47 Å². The summed E-state index contributed by atoms with van der Waals surface area (Å²) < 4.78 is 50.7. The topological polar surface area (TPSA) is 66.2 Å². The fourth-order valence-corrected chi connectivity index (χ4v) is 3.25. The van der Waals surface area contributed by atoms with E-state index in [1.165, 1.54) is 41.6 Å². The molecule has 1 aromatic carbocycles. The lowest BCUT2D eigenvalue weighted by molar-refractivity contribution is -0.137. The van der Waals surface area contributed by atoms with E-state index in [0.29, 0.717) is 21.8 Å². The van der Waals surface area contributed by atoms with Crippen LogP contribution in [0.5, 0.6) is 5.75 Å². The number of carbonyl (C=O) groups excluding carboxylic acids is 1. The second kappa shape index (κ2) is 8.01. The molecule has 0 amide bonds. The first-order valence-corrected chi connectivity index (χ1v) is 9.08. The highest BCUT2D eigenvalue weighted by Gasteiger charge is 2.31. The molecule has 0 saturated heterocycles. The summed E-state index contributed by atoms with van der Waals surface area (Å²) in [6.45, 7) is 2.25. The summed E-state index contributed by atoms with van der Waals surface area (Å²) >= 11 is 1.28. The molecule has 2 heterocycles. The molecule has 0 aliphatic rings. The number of esters is 1. The van der Waals surface area contributed by atoms with Crippen LogP contribution in [0.15, 0.2) is 36.0 Å². The second-order valence-corrected chi connectivity index (χ2v) is 6.66. The van der Waals surface area contributed by atoms with Gasteiger partial charge in [0.05, 0.1) is 43.3 Å². The van der Waals surface area contributed by atoms with E-state index in [0.717, 1.165) is 12.1 Å². The Morgan fingerprint density at radius 1 is 1.29 bits per heavy atom. The highest BCUT2D eigenvalue weighted by molar-refractivity contribution is 7.09. The van der Waals surface area contributed by atoms with Gasteiger partial charge in [-0.25, -0.2) is 9.78 Å². The Morgan fingerprint density at radius 3 is 2.75 bits per heavy atom. The van der Waals surface area contributed by atoms with E-state index in [2.05, 4.69) is 10.1 Å². The Balaban J connectivity index is 1.82. The first-order chi connectivity index (χ1) is 13.3. The van der Waals surface area contributed by atoms with Crippen molar-refractivity contribution in [2.45, 2.75) is 19.6 Å². The predicted molar refractivity (Wildman–Crippen MR) is 96.4 cm³/mol. The molecule has 0 spiro atoms. The summed E-state index contributed by atoms with van der Waals surface area (Å²) in [7, 11) is 1.31. The van der Waals surface area contributed by atoms with E-state index < -0.39 is 17.7 Å². The van der Waals surface area contributed by atoms with Crippen LogP contribution in [0.3, 0.4) is 0 Å². The number of benzene rings is 1. The summed E-state index contributed by atoms with van der Waals surface area (Å²) in [5.41, 5.74) is 0.229. The molecule has 3 aromatic rings. The van der Waals surface area contributed by atoms with Gasteiger partial charge in [0.15, 0.2) is 0 Å². The van der Waals surface area contributed by atoms with Gasteiger partial charge in [-0.1, -0.05) is 0 Å². The van der Waals surface area contributed by atoms with Gasteiger partial charge in [0.25, 0.3) is 0 Å². The Labute approximate surface area is 162 Å². The second-order valence-electron chi connectivity index (χ2n) is 5.72. The lowest BCUT2D eigenvalue weighted by Crippen LogP contribution is -2.05. The average Bonchev–Trinajstić information content (AvgIpc) is 3.31. The van der Waals surface area contributed by atoms with Crippen molar-refractivity contribution in [3.8, 4) is 17.0 Å². The number of hydrogen-bond acceptors (Lipinski definition) is 6. The number of methoxy groups -OCH3 is 1. The van der Waals surface area contributed by atoms with Crippen molar-refractivity contribution in [3.05, 3.63) is 52.1 Å². The van der Waals surface area contributed by atoms with Crippen molar-refractivity contribution in [3.63, 3.8) is 0 Å². The predicted octanol–water partition coefficient (Wildman–Crippen LogP) is 4.26. The summed E-state index contributed by atoms with van der Waals surface area (Å²) in [5, 5.41) is 6.38. The Bertz CT molecular complexity index is 982. The molecule has 0 radical (unpaired) electrons. The zero-order valence-corrected chi connectivity index (χ0v) is 15.8. The van der Waals surface area contributed by atoms with Crippen LogP contribution in [-0.4, -0.2) is 34.5 Å². The molecule has 2 aromatic heterocycles. The molecule has 0 atom stereocenters. The van der Waals surface area contributed by atoms with Crippen LogP contribution < -0.4 is 4.74 Å². The first kappa shape index (κ1) is 19.9. The molecule has 0 unspecified atom stereocenters. The highest BCUT2D eigenvalue weighted by Crippen LogP contribution is 2.35. The zero-order valence-electron chi connectivity index (χ0n) is 15.0. The normalized spacial score (nSPS) is 11.5. The van der Waals surface area contributed by atoms with Crippen molar-refractivity contribution in [2.24, 2.45) is 0 Å².